The van der Waals surface area contributed by atoms with Gasteiger partial charge in [-0.05, 0) is 43.2 Å². The number of amides is 1. The van der Waals surface area contributed by atoms with E-state index in [0.717, 1.165) is 28.4 Å². The van der Waals surface area contributed by atoms with E-state index in [1.807, 2.05) is 38.1 Å². The quantitative estimate of drug-likeness (QED) is 0.707. The highest BCUT2D eigenvalue weighted by molar-refractivity contribution is 7.15. The summed E-state index contributed by atoms with van der Waals surface area (Å²) in [4.78, 5) is 18.2. The van der Waals surface area contributed by atoms with Gasteiger partial charge < -0.3 is 19.2 Å². The fourth-order valence-electron chi connectivity index (χ4n) is 3.04. The number of carbonyl (C=O) groups excluding carboxylic acids is 1. The monoisotopic (exact) mass is 384 g/mol. The van der Waals surface area contributed by atoms with Gasteiger partial charge in [-0.15, -0.1) is 11.3 Å². The van der Waals surface area contributed by atoms with Crippen LogP contribution in [0.5, 0.6) is 11.5 Å². The van der Waals surface area contributed by atoms with Gasteiger partial charge in [0.1, 0.15) is 18.9 Å². The van der Waals surface area contributed by atoms with Crippen LogP contribution in [0.4, 0.5) is 0 Å². The van der Waals surface area contributed by atoms with Gasteiger partial charge in [0, 0.05) is 4.88 Å². The first kappa shape index (κ1) is 17.6. The Hall–Kier alpha value is -2.80. The van der Waals surface area contributed by atoms with Gasteiger partial charge >= 0.3 is 0 Å². The second-order valence-electron chi connectivity index (χ2n) is 6.24. The Morgan fingerprint density at radius 1 is 1.26 bits per heavy atom. The highest BCUT2D eigenvalue weighted by Gasteiger charge is 2.22. The summed E-state index contributed by atoms with van der Waals surface area (Å²) < 4.78 is 16.6. The van der Waals surface area contributed by atoms with E-state index in [-0.39, 0.29) is 11.9 Å². The van der Waals surface area contributed by atoms with Crippen LogP contribution in [0.1, 0.15) is 40.3 Å². The lowest BCUT2D eigenvalue weighted by Crippen LogP contribution is -2.29. The molecule has 0 spiro atoms. The molecule has 0 radical (unpaired) electrons. The molecular formula is C20H20N2O4S. The van der Waals surface area contributed by atoms with Crippen molar-refractivity contribution in [3.8, 4) is 22.3 Å². The SMILES string of the molecule is CCC(NC(=O)c1nc(-c2ccco2)sc1C)c1ccc2c(c1)OCCO2. The maximum atomic E-state index is 12.8. The molecule has 1 aliphatic rings. The van der Waals surface area contributed by atoms with Crippen molar-refractivity contribution in [1.82, 2.24) is 10.3 Å². The highest BCUT2D eigenvalue weighted by atomic mass is 32.1. The molecule has 1 atom stereocenters. The summed E-state index contributed by atoms with van der Waals surface area (Å²) in [5, 5.41) is 3.79. The molecule has 1 amide bonds. The van der Waals surface area contributed by atoms with Crippen LogP contribution >= 0.6 is 11.3 Å². The molecule has 0 bridgehead atoms. The van der Waals surface area contributed by atoms with Crippen LogP contribution in [0, 0.1) is 6.92 Å². The average molecular weight is 384 g/mol. The van der Waals surface area contributed by atoms with Gasteiger partial charge in [0.15, 0.2) is 22.3 Å². The summed E-state index contributed by atoms with van der Waals surface area (Å²) >= 11 is 1.45. The first-order chi connectivity index (χ1) is 13.2. The Morgan fingerprint density at radius 3 is 2.81 bits per heavy atom. The maximum absolute atomic E-state index is 12.8. The van der Waals surface area contributed by atoms with Crippen molar-refractivity contribution in [3.05, 3.63) is 52.7 Å². The predicted octanol–water partition coefficient (Wildman–Crippen LogP) is 4.36. The molecule has 7 heteroatoms. The maximum Gasteiger partial charge on any atom is 0.271 e. The van der Waals surface area contributed by atoms with Gasteiger partial charge in [-0.3, -0.25) is 4.79 Å². The number of carbonyl (C=O) groups is 1. The van der Waals surface area contributed by atoms with E-state index in [1.165, 1.54) is 11.3 Å². The highest BCUT2D eigenvalue weighted by Crippen LogP contribution is 2.34. The minimum atomic E-state index is -0.191. The predicted molar refractivity (Wildman–Crippen MR) is 102 cm³/mol. The summed E-state index contributed by atoms with van der Waals surface area (Å²) in [5.74, 6) is 1.94. The lowest BCUT2D eigenvalue weighted by molar-refractivity contribution is 0.0930. The number of aryl methyl sites for hydroxylation is 1. The van der Waals surface area contributed by atoms with E-state index < -0.39 is 0 Å². The number of hydrogen-bond acceptors (Lipinski definition) is 6. The molecule has 6 nitrogen and oxygen atoms in total. The second kappa shape index (κ2) is 7.44. The lowest BCUT2D eigenvalue weighted by atomic mass is 10.0. The molecule has 1 N–H and O–H groups in total. The van der Waals surface area contributed by atoms with Gasteiger partial charge in [0.05, 0.1) is 12.3 Å². The molecule has 27 heavy (non-hydrogen) atoms. The number of hydrogen-bond donors (Lipinski definition) is 1. The average Bonchev–Trinajstić information content (AvgIpc) is 3.35. The van der Waals surface area contributed by atoms with E-state index in [0.29, 0.717) is 29.7 Å². The number of aromatic nitrogens is 1. The molecule has 0 aliphatic carbocycles. The lowest BCUT2D eigenvalue weighted by Gasteiger charge is -2.22. The number of rotatable bonds is 5. The summed E-state index contributed by atoms with van der Waals surface area (Å²) in [6.45, 7) is 5.02. The number of furan rings is 1. The van der Waals surface area contributed by atoms with Crippen molar-refractivity contribution in [1.29, 1.82) is 0 Å². The third-order valence-electron chi connectivity index (χ3n) is 4.43. The smallest absolute Gasteiger partial charge is 0.271 e. The molecule has 1 aliphatic heterocycles. The van der Waals surface area contributed by atoms with Crippen molar-refractivity contribution in [2.75, 3.05) is 13.2 Å². The first-order valence-corrected chi connectivity index (χ1v) is 9.69. The van der Waals surface area contributed by atoms with Gasteiger partial charge in [-0.2, -0.15) is 0 Å². The standard InChI is InChI=1S/C20H20N2O4S/c1-3-14(13-6-7-15-17(11-13)26-10-9-25-15)21-19(23)18-12(2)27-20(22-18)16-5-4-8-24-16/h4-8,11,14H,3,9-10H2,1-2H3,(H,21,23). The number of nitrogens with zero attached hydrogens (tertiary/aromatic N) is 1. The zero-order valence-electron chi connectivity index (χ0n) is 15.2. The van der Waals surface area contributed by atoms with Gasteiger partial charge in [-0.25, -0.2) is 4.98 Å². The van der Waals surface area contributed by atoms with Crippen molar-refractivity contribution < 1.29 is 18.7 Å². The fraction of sp³-hybridized carbons (Fsp3) is 0.300. The molecule has 3 aromatic rings. The third kappa shape index (κ3) is 3.55. The molecule has 1 unspecified atom stereocenters. The molecule has 3 heterocycles. The van der Waals surface area contributed by atoms with Crippen LogP contribution in [0.25, 0.3) is 10.8 Å². The number of benzene rings is 1. The second-order valence-corrected chi connectivity index (χ2v) is 7.44. The molecular weight excluding hydrogens is 364 g/mol. The minimum absolute atomic E-state index is 0.138. The number of thiazole rings is 1. The van der Waals surface area contributed by atoms with E-state index in [4.69, 9.17) is 13.9 Å². The zero-order chi connectivity index (χ0) is 18.8. The Bertz CT molecular complexity index is 949. The van der Waals surface area contributed by atoms with Crippen LogP contribution in [-0.2, 0) is 0 Å². The minimum Gasteiger partial charge on any atom is -0.486 e. The molecule has 0 fully saturated rings. The molecule has 1 aromatic carbocycles. The third-order valence-corrected chi connectivity index (χ3v) is 5.41. The van der Waals surface area contributed by atoms with Crippen molar-refractivity contribution in [3.63, 3.8) is 0 Å². The molecule has 4 rings (SSSR count). The Balaban J connectivity index is 1.54. The molecule has 2 aromatic heterocycles. The van der Waals surface area contributed by atoms with Crippen molar-refractivity contribution >= 4 is 17.2 Å². The van der Waals surface area contributed by atoms with Crippen molar-refractivity contribution in [2.45, 2.75) is 26.3 Å². The Morgan fingerprint density at radius 2 is 2.07 bits per heavy atom. The van der Waals surface area contributed by atoms with Gasteiger partial charge in [-0.1, -0.05) is 13.0 Å². The van der Waals surface area contributed by atoms with Crippen LogP contribution in [-0.4, -0.2) is 24.1 Å². The van der Waals surface area contributed by atoms with Crippen LogP contribution in [0.3, 0.4) is 0 Å². The fourth-order valence-corrected chi connectivity index (χ4v) is 3.92. The normalized spacial score (nSPS) is 14.0. The van der Waals surface area contributed by atoms with Gasteiger partial charge in [0.25, 0.3) is 5.91 Å². The number of nitrogens with one attached hydrogen (secondary N) is 1. The summed E-state index contributed by atoms with van der Waals surface area (Å²) in [7, 11) is 0. The molecule has 140 valence electrons. The molecule has 0 saturated carbocycles. The van der Waals surface area contributed by atoms with E-state index in [9.17, 15) is 4.79 Å². The van der Waals surface area contributed by atoms with E-state index >= 15 is 0 Å². The Kier molecular flexibility index (Phi) is 4.85. The van der Waals surface area contributed by atoms with E-state index in [2.05, 4.69) is 10.3 Å². The number of ether oxygens (including phenoxy) is 2. The van der Waals surface area contributed by atoms with Crippen molar-refractivity contribution in [2.24, 2.45) is 0 Å². The molecule has 0 saturated heterocycles. The Labute approximate surface area is 161 Å². The summed E-state index contributed by atoms with van der Waals surface area (Å²) in [6, 6.07) is 9.29. The van der Waals surface area contributed by atoms with Crippen LogP contribution in [0.2, 0.25) is 0 Å². The van der Waals surface area contributed by atoms with Crippen LogP contribution < -0.4 is 14.8 Å². The van der Waals surface area contributed by atoms with E-state index in [1.54, 1.807) is 12.3 Å². The largest absolute Gasteiger partial charge is 0.486 e. The number of fused-ring (bicyclic) bond motifs is 1. The van der Waals surface area contributed by atoms with Gasteiger partial charge in [0.2, 0.25) is 0 Å². The first-order valence-electron chi connectivity index (χ1n) is 8.87. The topological polar surface area (TPSA) is 73.6 Å². The zero-order valence-corrected chi connectivity index (χ0v) is 16.0. The van der Waals surface area contributed by atoms with Crippen LogP contribution in [0.15, 0.2) is 41.0 Å². The summed E-state index contributed by atoms with van der Waals surface area (Å²) in [6.07, 6.45) is 2.35. The summed E-state index contributed by atoms with van der Waals surface area (Å²) in [5.41, 5.74) is 1.41.